The number of nitrogens with one attached hydrogen (secondary N) is 1. The Kier molecular flexibility index (Phi) is 7.56. The van der Waals surface area contributed by atoms with Crippen molar-refractivity contribution < 1.29 is 0 Å². The summed E-state index contributed by atoms with van der Waals surface area (Å²) in [5.74, 6) is 3.29. The molecule has 0 saturated carbocycles. The zero-order chi connectivity index (χ0) is 12.7. The predicted molar refractivity (Wildman–Crippen MR) is 79.9 cm³/mol. The van der Waals surface area contributed by atoms with E-state index < -0.39 is 0 Å². The lowest BCUT2D eigenvalue weighted by Gasteiger charge is -2.34. The highest BCUT2D eigenvalue weighted by Crippen LogP contribution is 2.13. The first-order valence-corrected chi connectivity index (χ1v) is 8.33. The standard InChI is InChI=1S/C14H30N2S/c1-5-17-11-13(4)15-14-6-8-16(9-7-14)10-12(2)3/h12-15H,5-11H2,1-4H3. The monoisotopic (exact) mass is 258 g/mol. The molecule has 0 aromatic heterocycles. The zero-order valence-corrected chi connectivity index (χ0v) is 12.9. The van der Waals surface area contributed by atoms with Gasteiger partial charge in [-0.25, -0.2) is 0 Å². The molecule has 102 valence electrons. The molecule has 1 aliphatic rings. The van der Waals surface area contributed by atoms with Crippen LogP contribution in [0.15, 0.2) is 0 Å². The average molecular weight is 258 g/mol. The number of hydrogen-bond donors (Lipinski definition) is 1. The largest absolute Gasteiger partial charge is 0.311 e. The molecular weight excluding hydrogens is 228 g/mol. The van der Waals surface area contributed by atoms with E-state index in [1.54, 1.807) is 0 Å². The molecule has 0 spiro atoms. The van der Waals surface area contributed by atoms with Crippen molar-refractivity contribution in [2.75, 3.05) is 31.1 Å². The van der Waals surface area contributed by atoms with Crippen molar-refractivity contribution in [2.24, 2.45) is 5.92 Å². The summed E-state index contributed by atoms with van der Waals surface area (Å²) in [6, 6.07) is 1.42. The molecule has 0 bridgehead atoms. The minimum Gasteiger partial charge on any atom is -0.311 e. The molecule has 0 aliphatic carbocycles. The molecule has 1 atom stereocenters. The van der Waals surface area contributed by atoms with E-state index in [-0.39, 0.29) is 0 Å². The van der Waals surface area contributed by atoms with Gasteiger partial charge >= 0.3 is 0 Å². The van der Waals surface area contributed by atoms with Gasteiger partial charge in [0.05, 0.1) is 0 Å². The first kappa shape index (κ1) is 15.3. The minimum atomic E-state index is 0.668. The van der Waals surface area contributed by atoms with E-state index in [1.807, 2.05) is 11.8 Å². The molecule has 1 heterocycles. The van der Waals surface area contributed by atoms with Gasteiger partial charge in [-0.3, -0.25) is 0 Å². The van der Waals surface area contributed by atoms with Gasteiger partial charge in [0.25, 0.3) is 0 Å². The van der Waals surface area contributed by atoms with Gasteiger partial charge in [0, 0.05) is 24.4 Å². The lowest BCUT2D eigenvalue weighted by molar-refractivity contribution is 0.177. The van der Waals surface area contributed by atoms with E-state index >= 15 is 0 Å². The second-order valence-corrected chi connectivity index (χ2v) is 7.01. The molecule has 0 radical (unpaired) electrons. The van der Waals surface area contributed by atoms with Gasteiger partial charge in [-0.15, -0.1) is 0 Å². The molecule has 1 aliphatic heterocycles. The first-order valence-electron chi connectivity index (χ1n) is 7.18. The summed E-state index contributed by atoms with van der Waals surface area (Å²) in [6.07, 6.45) is 2.65. The third kappa shape index (κ3) is 6.68. The third-order valence-electron chi connectivity index (χ3n) is 3.30. The van der Waals surface area contributed by atoms with Crippen molar-refractivity contribution in [3.05, 3.63) is 0 Å². The molecular formula is C14H30N2S. The van der Waals surface area contributed by atoms with Crippen LogP contribution in [0.2, 0.25) is 0 Å². The summed E-state index contributed by atoms with van der Waals surface area (Å²) in [6.45, 7) is 13.0. The maximum absolute atomic E-state index is 3.78. The van der Waals surface area contributed by atoms with Crippen molar-refractivity contribution in [2.45, 2.75) is 52.6 Å². The topological polar surface area (TPSA) is 15.3 Å². The van der Waals surface area contributed by atoms with Crippen LogP contribution in [0.5, 0.6) is 0 Å². The van der Waals surface area contributed by atoms with Crippen LogP contribution in [0.4, 0.5) is 0 Å². The van der Waals surface area contributed by atoms with Crippen molar-refractivity contribution in [1.29, 1.82) is 0 Å². The Balaban J connectivity index is 2.14. The van der Waals surface area contributed by atoms with Gasteiger partial charge in [0.1, 0.15) is 0 Å². The van der Waals surface area contributed by atoms with Crippen molar-refractivity contribution in [3.63, 3.8) is 0 Å². The van der Waals surface area contributed by atoms with E-state index in [1.165, 1.54) is 44.0 Å². The minimum absolute atomic E-state index is 0.668. The Labute approximate surface area is 112 Å². The number of thioether (sulfide) groups is 1. The fourth-order valence-corrected chi connectivity index (χ4v) is 3.23. The maximum atomic E-state index is 3.78. The highest BCUT2D eigenvalue weighted by Gasteiger charge is 2.20. The third-order valence-corrected chi connectivity index (χ3v) is 4.45. The molecule has 0 amide bonds. The molecule has 17 heavy (non-hydrogen) atoms. The zero-order valence-electron chi connectivity index (χ0n) is 12.0. The summed E-state index contributed by atoms with van der Waals surface area (Å²) < 4.78 is 0. The van der Waals surface area contributed by atoms with E-state index in [0.717, 1.165) is 12.0 Å². The Morgan fingerprint density at radius 1 is 1.24 bits per heavy atom. The Hall–Kier alpha value is 0.270. The van der Waals surface area contributed by atoms with Gasteiger partial charge in [0.2, 0.25) is 0 Å². The SMILES string of the molecule is CCSCC(C)NC1CCN(CC(C)C)CC1. The van der Waals surface area contributed by atoms with Gasteiger partial charge in [-0.1, -0.05) is 20.8 Å². The number of hydrogen-bond acceptors (Lipinski definition) is 3. The molecule has 1 fully saturated rings. The van der Waals surface area contributed by atoms with E-state index in [2.05, 4.69) is 37.9 Å². The molecule has 0 aromatic carbocycles. The molecule has 2 nitrogen and oxygen atoms in total. The van der Waals surface area contributed by atoms with Gasteiger partial charge in [-0.05, 0) is 44.5 Å². The molecule has 3 heteroatoms. The summed E-state index contributed by atoms with van der Waals surface area (Å²) >= 11 is 2.04. The molecule has 1 unspecified atom stereocenters. The average Bonchev–Trinajstić information content (AvgIpc) is 2.28. The smallest absolute Gasteiger partial charge is 0.0132 e. The van der Waals surface area contributed by atoms with E-state index in [9.17, 15) is 0 Å². The van der Waals surface area contributed by atoms with Crippen molar-refractivity contribution in [3.8, 4) is 0 Å². The number of likely N-dealkylation sites (tertiary alicyclic amines) is 1. The van der Waals surface area contributed by atoms with Gasteiger partial charge in [0.15, 0.2) is 0 Å². The van der Waals surface area contributed by atoms with Crippen LogP contribution in [0.3, 0.4) is 0 Å². The highest BCUT2D eigenvalue weighted by molar-refractivity contribution is 7.99. The van der Waals surface area contributed by atoms with E-state index in [0.29, 0.717) is 6.04 Å². The summed E-state index contributed by atoms with van der Waals surface area (Å²) in [4.78, 5) is 2.62. The van der Waals surface area contributed by atoms with Gasteiger partial charge < -0.3 is 10.2 Å². The highest BCUT2D eigenvalue weighted by atomic mass is 32.2. The second kappa shape index (κ2) is 8.39. The quantitative estimate of drug-likeness (QED) is 0.756. The number of rotatable bonds is 7. The molecule has 0 aromatic rings. The lowest BCUT2D eigenvalue weighted by atomic mass is 10.0. The molecule has 1 N–H and O–H groups in total. The Morgan fingerprint density at radius 3 is 2.41 bits per heavy atom. The van der Waals surface area contributed by atoms with Crippen LogP contribution in [0.25, 0.3) is 0 Å². The lowest BCUT2D eigenvalue weighted by Crippen LogP contribution is -2.46. The maximum Gasteiger partial charge on any atom is 0.0132 e. The first-order chi connectivity index (χ1) is 8.11. The Morgan fingerprint density at radius 2 is 1.88 bits per heavy atom. The normalized spacial score (nSPS) is 21.0. The van der Waals surface area contributed by atoms with Crippen molar-refractivity contribution >= 4 is 11.8 Å². The fourth-order valence-electron chi connectivity index (χ4n) is 2.54. The predicted octanol–water partition coefficient (Wildman–Crippen LogP) is 2.84. The number of piperidine rings is 1. The van der Waals surface area contributed by atoms with Crippen LogP contribution in [-0.4, -0.2) is 48.1 Å². The van der Waals surface area contributed by atoms with Gasteiger partial charge in [-0.2, -0.15) is 11.8 Å². The summed E-state index contributed by atoms with van der Waals surface area (Å²) in [5, 5.41) is 3.78. The summed E-state index contributed by atoms with van der Waals surface area (Å²) in [7, 11) is 0. The second-order valence-electron chi connectivity index (χ2n) is 5.70. The van der Waals surface area contributed by atoms with Crippen LogP contribution < -0.4 is 5.32 Å². The van der Waals surface area contributed by atoms with E-state index in [4.69, 9.17) is 0 Å². The van der Waals surface area contributed by atoms with Crippen LogP contribution in [0.1, 0.15) is 40.5 Å². The molecule has 1 saturated heterocycles. The Bertz CT molecular complexity index is 189. The van der Waals surface area contributed by atoms with Crippen LogP contribution >= 0.6 is 11.8 Å². The molecule has 1 rings (SSSR count). The van der Waals surface area contributed by atoms with Crippen LogP contribution in [-0.2, 0) is 0 Å². The number of nitrogens with zero attached hydrogens (tertiary/aromatic N) is 1. The van der Waals surface area contributed by atoms with Crippen molar-refractivity contribution in [1.82, 2.24) is 10.2 Å². The summed E-state index contributed by atoms with van der Waals surface area (Å²) in [5.41, 5.74) is 0. The van der Waals surface area contributed by atoms with Crippen LogP contribution in [0, 0.1) is 5.92 Å². The fraction of sp³-hybridized carbons (Fsp3) is 1.00.